The average molecular weight is 304 g/mol. The summed E-state index contributed by atoms with van der Waals surface area (Å²) in [6.07, 6.45) is 1.74. The fraction of sp³-hybridized carbons (Fsp3) is 0.133. The zero-order chi connectivity index (χ0) is 15.2. The van der Waals surface area contributed by atoms with Gasteiger partial charge in [0, 0.05) is 23.8 Å². The van der Waals surface area contributed by atoms with Crippen molar-refractivity contribution in [2.75, 3.05) is 10.6 Å². The summed E-state index contributed by atoms with van der Waals surface area (Å²) < 4.78 is 0. The van der Waals surface area contributed by atoms with Gasteiger partial charge in [0.1, 0.15) is 5.82 Å². The number of carbonyl (C=O) groups is 2. The highest BCUT2D eigenvalue weighted by Crippen LogP contribution is 2.13. The van der Waals surface area contributed by atoms with Gasteiger partial charge in [0.05, 0.1) is 6.42 Å². The van der Waals surface area contributed by atoms with Crippen molar-refractivity contribution in [2.45, 2.75) is 13.3 Å². The largest absolute Gasteiger partial charge is 0.326 e. The molecular weight excluding hydrogens is 290 g/mol. The van der Waals surface area contributed by atoms with Crippen molar-refractivity contribution >= 4 is 34.9 Å². The minimum absolute atomic E-state index is 0.132. The van der Waals surface area contributed by atoms with E-state index in [1.54, 1.807) is 36.4 Å². The number of nitrogens with one attached hydrogen (secondary N) is 2. The quantitative estimate of drug-likeness (QED) is 0.912. The van der Waals surface area contributed by atoms with Crippen molar-refractivity contribution in [3.63, 3.8) is 0 Å². The van der Waals surface area contributed by atoms with Gasteiger partial charge in [-0.3, -0.25) is 9.59 Å². The Labute approximate surface area is 127 Å². The van der Waals surface area contributed by atoms with Crippen molar-refractivity contribution in [3.8, 4) is 0 Å². The monoisotopic (exact) mass is 303 g/mol. The second-order valence-corrected chi connectivity index (χ2v) is 4.90. The van der Waals surface area contributed by atoms with Crippen molar-refractivity contribution in [1.29, 1.82) is 0 Å². The number of amides is 2. The lowest BCUT2D eigenvalue weighted by Crippen LogP contribution is -2.15. The van der Waals surface area contributed by atoms with E-state index in [1.165, 1.54) is 13.1 Å². The molecule has 21 heavy (non-hydrogen) atoms. The molecule has 1 heterocycles. The minimum atomic E-state index is -0.183. The zero-order valence-corrected chi connectivity index (χ0v) is 12.1. The van der Waals surface area contributed by atoms with Crippen LogP contribution in [0.1, 0.15) is 12.5 Å². The summed E-state index contributed by atoms with van der Waals surface area (Å²) >= 11 is 5.82. The highest BCUT2D eigenvalue weighted by atomic mass is 35.5. The lowest BCUT2D eigenvalue weighted by molar-refractivity contribution is -0.116. The van der Waals surface area contributed by atoms with Crippen molar-refractivity contribution in [1.82, 2.24) is 4.98 Å². The van der Waals surface area contributed by atoms with E-state index in [9.17, 15) is 9.59 Å². The van der Waals surface area contributed by atoms with Crippen LogP contribution in [0.5, 0.6) is 0 Å². The first-order valence-electron chi connectivity index (χ1n) is 6.31. The summed E-state index contributed by atoms with van der Waals surface area (Å²) in [5.41, 5.74) is 1.53. The summed E-state index contributed by atoms with van der Waals surface area (Å²) in [6, 6.07) is 10.3. The molecule has 0 saturated carbocycles. The predicted octanol–water partition coefficient (Wildman–Crippen LogP) is 2.87. The molecule has 0 saturated heterocycles. The number of anilines is 2. The van der Waals surface area contributed by atoms with Gasteiger partial charge in [0.2, 0.25) is 11.8 Å². The summed E-state index contributed by atoms with van der Waals surface area (Å²) in [5, 5.41) is 5.85. The van der Waals surface area contributed by atoms with Crippen LogP contribution in [0.3, 0.4) is 0 Å². The Hall–Kier alpha value is -2.40. The average Bonchev–Trinajstić information content (AvgIpc) is 2.40. The number of benzene rings is 1. The second-order valence-electron chi connectivity index (χ2n) is 4.46. The predicted molar refractivity (Wildman–Crippen MR) is 82.3 cm³/mol. The molecule has 0 aliphatic heterocycles. The molecule has 0 radical (unpaired) electrons. The third-order valence-electron chi connectivity index (χ3n) is 2.63. The van der Waals surface area contributed by atoms with Gasteiger partial charge in [0.25, 0.3) is 0 Å². The Kier molecular flexibility index (Phi) is 4.90. The Bertz CT molecular complexity index is 656. The van der Waals surface area contributed by atoms with Crippen LogP contribution in [0.2, 0.25) is 5.02 Å². The SMILES string of the molecule is CC(=O)Nc1ccc(CC(=O)Nc2cc(Cl)ccn2)cc1. The smallest absolute Gasteiger partial charge is 0.229 e. The van der Waals surface area contributed by atoms with Crippen LogP contribution in [0.4, 0.5) is 11.5 Å². The van der Waals surface area contributed by atoms with Gasteiger partial charge in [-0.1, -0.05) is 23.7 Å². The molecule has 2 amide bonds. The van der Waals surface area contributed by atoms with Crippen LogP contribution in [-0.4, -0.2) is 16.8 Å². The molecule has 5 nitrogen and oxygen atoms in total. The Morgan fingerprint density at radius 1 is 1.14 bits per heavy atom. The molecule has 1 aromatic carbocycles. The topological polar surface area (TPSA) is 71.1 Å². The van der Waals surface area contributed by atoms with Gasteiger partial charge in [0.15, 0.2) is 0 Å². The highest BCUT2D eigenvalue weighted by molar-refractivity contribution is 6.30. The first-order chi connectivity index (χ1) is 10.0. The van der Waals surface area contributed by atoms with Gasteiger partial charge in [-0.2, -0.15) is 0 Å². The van der Waals surface area contributed by atoms with Gasteiger partial charge in [-0.25, -0.2) is 4.98 Å². The fourth-order valence-electron chi connectivity index (χ4n) is 1.75. The van der Waals surface area contributed by atoms with E-state index in [0.29, 0.717) is 16.5 Å². The second kappa shape index (κ2) is 6.85. The summed E-state index contributed by atoms with van der Waals surface area (Å²) in [6.45, 7) is 1.44. The van der Waals surface area contributed by atoms with Crippen molar-refractivity contribution in [3.05, 3.63) is 53.2 Å². The molecule has 108 valence electrons. The number of aromatic nitrogens is 1. The first kappa shape index (κ1) is 15.0. The molecule has 6 heteroatoms. The molecule has 0 bridgehead atoms. The van der Waals surface area contributed by atoms with E-state index >= 15 is 0 Å². The maximum absolute atomic E-state index is 11.9. The minimum Gasteiger partial charge on any atom is -0.326 e. The number of nitrogens with zero attached hydrogens (tertiary/aromatic N) is 1. The molecule has 0 spiro atoms. The number of pyridine rings is 1. The summed E-state index contributed by atoms with van der Waals surface area (Å²) in [7, 11) is 0. The highest BCUT2D eigenvalue weighted by Gasteiger charge is 2.05. The number of rotatable bonds is 4. The van der Waals surface area contributed by atoms with Crippen molar-refractivity contribution in [2.24, 2.45) is 0 Å². The van der Waals surface area contributed by atoms with E-state index in [4.69, 9.17) is 11.6 Å². The number of halogens is 1. The zero-order valence-electron chi connectivity index (χ0n) is 11.4. The first-order valence-corrected chi connectivity index (χ1v) is 6.68. The maximum Gasteiger partial charge on any atom is 0.229 e. The van der Waals surface area contributed by atoms with Crippen LogP contribution < -0.4 is 10.6 Å². The molecule has 2 aromatic rings. The van der Waals surface area contributed by atoms with E-state index in [1.807, 2.05) is 0 Å². The van der Waals surface area contributed by atoms with Gasteiger partial charge in [-0.05, 0) is 29.8 Å². The van der Waals surface area contributed by atoms with E-state index in [0.717, 1.165) is 5.56 Å². The van der Waals surface area contributed by atoms with Gasteiger partial charge < -0.3 is 10.6 Å². The van der Waals surface area contributed by atoms with E-state index in [-0.39, 0.29) is 18.2 Å². The number of carbonyl (C=O) groups excluding carboxylic acids is 2. The molecule has 2 rings (SSSR count). The summed E-state index contributed by atoms with van der Waals surface area (Å²) in [4.78, 5) is 26.8. The molecule has 0 unspecified atom stereocenters. The molecule has 0 aliphatic rings. The van der Waals surface area contributed by atoms with Crippen LogP contribution >= 0.6 is 11.6 Å². The molecule has 1 aromatic heterocycles. The van der Waals surface area contributed by atoms with Crippen LogP contribution in [0.25, 0.3) is 0 Å². The number of hydrogen-bond acceptors (Lipinski definition) is 3. The van der Waals surface area contributed by atoms with Gasteiger partial charge >= 0.3 is 0 Å². The normalized spacial score (nSPS) is 10.0. The molecular formula is C15H14ClN3O2. The Morgan fingerprint density at radius 3 is 2.48 bits per heavy atom. The van der Waals surface area contributed by atoms with E-state index < -0.39 is 0 Å². The van der Waals surface area contributed by atoms with E-state index in [2.05, 4.69) is 15.6 Å². The van der Waals surface area contributed by atoms with Crippen LogP contribution in [0.15, 0.2) is 42.6 Å². The molecule has 0 aliphatic carbocycles. The van der Waals surface area contributed by atoms with Gasteiger partial charge in [-0.15, -0.1) is 0 Å². The third kappa shape index (κ3) is 4.89. The maximum atomic E-state index is 11.9. The Morgan fingerprint density at radius 2 is 1.86 bits per heavy atom. The molecule has 0 atom stereocenters. The third-order valence-corrected chi connectivity index (χ3v) is 2.86. The fourth-order valence-corrected chi connectivity index (χ4v) is 1.91. The van der Waals surface area contributed by atoms with Crippen LogP contribution in [-0.2, 0) is 16.0 Å². The lowest BCUT2D eigenvalue weighted by Gasteiger charge is -2.06. The van der Waals surface area contributed by atoms with Crippen molar-refractivity contribution < 1.29 is 9.59 Å². The summed E-state index contributed by atoms with van der Waals surface area (Å²) in [5.74, 6) is 0.104. The Balaban J connectivity index is 1.95. The lowest BCUT2D eigenvalue weighted by atomic mass is 10.1. The molecule has 0 fully saturated rings. The van der Waals surface area contributed by atoms with Crippen LogP contribution in [0, 0.1) is 0 Å². The molecule has 2 N–H and O–H groups in total. The number of hydrogen-bond donors (Lipinski definition) is 2. The standard InChI is InChI=1S/C15H14ClN3O2/c1-10(20)18-13-4-2-11(3-5-13)8-15(21)19-14-9-12(16)6-7-17-14/h2-7,9H,8H2,1H3,(H,18,20)(H,17,19,21).